The topological polar surface area (TPSA) is 117 Å². The summed E-state index contributed by atoms with van der Waals surface area (Å²) in [5.74, 6) is 2.11. The normalized spacial score (nSPS) is 13.4. The SMILES string of the molecule is O=C(Nc1ccc(-c2n[nH]c(C3CC3)n2)cc1)c1ccc(-c2ccco2)[nH]c1=O. The third-order valence-corrected chi connectivity index (χ3v) is 4.81. The summed E-state index contributed by atoms with van der Waals surface area (Å²) >= 11 is 0. The van der Waals surface area contributed by atoms with Crippen molar-refractivity contribution in [1.29, 1.82) is 0 Å². The number of aromatic amines is 2. The summed E-state index contributed by atoms with van der Waals surface area (Å²) in [6.07, 6.45) is 3.83. The molecule has 1 amide bonds. The first-order valence-corrected chi connectivity index (χ1v) is 9.29. The molecule has 29 heavy (non-hydrogen) atoms. The van der Waals surface area contributed by atoms with Crippen molar-refractivity contribution in [3.63, 3.8) is 0 Å². The number of benzene rings is 1. The molecule has 1 aliphatic carbocycles. The molecule has 0 bridgehead atoms. The van der Waals surface area contributed by atoms with Crippen molar-refractivity contribution in [1.82, 2.24) is 20.2 Å². The second-order valence-corrected chi connectivity index (χ2v) is 6.94. The van der Waals surface area contributed by atoms with Crippen LogP contribution in [0, 0.1) is 0 Å². The van der Waals surface area contributed by atoms with Gasteiger partial charge >= 0.3 is 0 Å². The standard InChI is InChI=1S/C21H17N5O3/c27-20(15-9-10-16(23-21(15)28)17-2-1-11-29-17)22-14-7-5-13(6-8-14)19-24-18(25-26-19)12-3-4-12/h1-2,5-12H,3-4H2,(H,22,27)(H,23,28)(H,24,25,26). The van der Waals surface area contributed by atoms with Gasteiger partial charge in [0.1, 0.15) is 17.1 Å². The number of hydrogen-bond donors (Lipinski definition) is 3. The van der Waals surface area contributed by atoms with Gasteiger partial charge in [0.15, 0.2) is 5.82 Å². The van der Waals surface area contributed by atoms with E-state index in [4.69, 9.17) is 4.42 Å². The zero-order valence-electron chi connectivity index (χ0n) is 15.3. The quantitative estimate of drug-likeness (QED) is 0.484. The Morgan fingerprint density at radius 2 is 1.93 bits per heavy atom. The highest BCUT2D eigenvalue weighted by molar-refractivity contribution is 6.04. The number of amides is 1. The third-order valence-electron chi connectivity index (χ3n) is 4.81. The molecule has 0 radical (unpaired) electrons. The van der Waals surface area contributed by atoms with Crippen molar-refractivity contribution in [2.45, 2.75) is 18.8 Å². The van der Waals surface area contributed by atoms with Crippen LogP contribution >= 0.6 is 0 Å². The fourth-order valence-corrected chi connectivity index (χ4v) is 3.07. The largest absolute Gasteiger partial charge is 0.463 e. The number of nitrogens with one attached hydrogen (secondary N) is 3. The van der Waals surface area contributed by atoms with Gasteiger partial charge in [-0.25, -0.2) is 4.98 Å². The Hall–Kier alpha value is -3.94. The first-order valence-electron chi connectivity index (χ1n) is 9.29. The highest BCUT2D eigenvalue weighted by atomic mass is 16.3. The molecule has 8 nitrogen and oxygen atoms in total. The van der Waals surface area contributed by atoms with Crippen molar-refractivity contribution in [2.24, 2.45) is 0 Å². The second kappa shape index (κ2) is 6.90. The van der Waals surface area contributed by atoms with Crippen LogP contribution in [0.1, 0.15) is 34.9 Å². The number of pyridine rings is 1. The van der Waals surface area contributed by atoms with Gasteiger partial charge in [-0.3, -0.25) is 14.7 Å². The number of carbonyl (C=O) groups is 1. The van der Waals surface area contributed by atoms with E-state index in [1.807, 2.05) is 12.1 Å². The zero-order chi connectivity index (χ0) is 19.8. The van der Waals surface area contributed by atoms with Crippen molar-refractivity contribution in [2.75, 3.05) is 5.32 Å². The number of rotatable bonds is 5. The van der Waals surface area contributed by atoms with Gasteiger partial charge in [0.25, 0.3) is 11.5 Å². The predicted molar refractivity (Wildman–Crippen MR) is 107 cm³/mol. The van der Waals surface area contributed by atoms with Crippen LogP contribution in [-0.4, -0.2) is 26.1 Å². The molecule has 1 fully saturated rings. The molecule has 0 atom stereocenters. The number of anilines is 1. The van der Waals surface area contributed by atoms with Crippen molar-refractivity contribution in [3.8, 4) is 22.8 Å². The monoisotopic (exact) mass is 387 g/mol. The Morgan fingerprint density at radius 3 is 2.62 bits per heavy atom. The van der Waals surface area contributed by atoms with Gasteiger partial charge in [-0.15, -0.1) is 0 Å². The number of hydrogen-bond acceptors (Lipinski definition) is 5. The van der Waals surface area contributed by atoms with E-state index >= 15 is 0 Å². The Bertz CT molecular complexity index is 1220. The molecular formula is C21H17N5O3. The minimum absolute atomic E-state index is 0.0208. The molecule has 5 rings (SSSR count). The third kappa shape index (κ3) is 3.47. The van der Waals surface area contributed by atoms with Gasteiger partial charge in [-0.1, -0.05) is 0 Å². The lowest BCUT2D eigenvalue weighted by Crippen LogP contribution is -2.23. The Kier molecular flexibility index (Phi) is 4.09. The molecule has 0 unspecified atom stereocenters. The van der Waals surface area contributed by atoms with Gasteiger partial charge in [0, 0.05) is 17.2 Å². The van der Waals surface area contributed by atoms with Gasteiger partial charge in [-0.2, -0.15) is 5.10 Å². The molecule has 0 spiro atoms. The number of H-pyrrole nitrogens is 2. The maximum atomic E-state index is 12.5. The van der Waals surface area contributed by atoms with Crippen LogP contribution in [-0.2, 0) is 0 Å². The smallest absolute Gasteiger partial charge is 0.261 e. The fourth-order valence-electron chi connectivity index (χ4n) is 3.07. The molecule has 144 valence electrons. The maximum absolute atomic E-state index is 12.5. The summed E-state index contributed by atoms with van der Waals surface area (Å²) in [6, 6.07) is 13.8. The van der Waals surface area contributed by atoms with Crippen LogP contribution in [0.4, 0.5) is 5.69 Å². The van der Waals surface area contributed by atoms with Crippen LogP contribution in [0.2, 0.25) is 0 Å². The summed E-state index contributed by atoms with van der Waals surface area (Å²) in [5.41, 5.74) is 1.48. The number of carbonyl (C=O) groups excluding carboxylic acids is 1. The maximum Gasteiger partial charge on any atom is 0.261 e. The Morgan fingerprint density at radius 1 is 1.10 bits per heavy atom. The highest BCUT2D eigenvalue weighted by Crippen LogP contribution is 2.38. The van der Waals surface area contributed by atoms with E-state index in [1.54, 1.807) is 30.3 Å². The van der Waals surface area contributed by atoms with Crippen LogP contribution in [0.5, 0.6) is 0 Å². The molecule has 3 heterocycles. The summed E-state index contributed by atoms with van der Waals surface area (Å²) in [4.78, 5) is 32.0. The molecule has 8 heteroatoms. The van der Waals surface area contributed by atoms with E-state index < -0.39 is 11.5 Å². The van der Waals surface area contributed by atoms with Crippen LogP contribution < -0.4 is 10.9 Å². The lowest BCUT2D eigenvalue weighted by molar-refractivity contribution is 0.102. The average Bonchev–Trinajstić information content (AvgIpc) is 3.23. The second-order valence-electron chi connectivity index (χ2n) is 6.94. The molecule has 0 aliphatic heterocycles. The Labute approximate surface area is 165 Å². The predicted octanol–water partition coefficient (Wildman–Crippen LogP) is 3.55. The van der Waals surface area contributed by atoms with Crippen LogP contribution in [0.15, 0.2) is 64.0 Å². The molecule has 1 aliphatic rings. The van der Waals surface area contributed by atoms with E-state index in [1.165, 1.54) is 12.3 Å². The van der Waals surface area contributed by atoms with Crippen LogP contribution in [0.25, 0.3) is 22.8 Å². The van der Waals surface area contributed by atoms with E-state index in [9.17, 15) is 9.59 Å². The minimum Gasteiger partial charge on any atom is -0.463 e. The lowest BCUT2D eigenvalue weighted by Gasteiger charge is -2.06. The summed E-state index contributed by atoms with van der Waals surface area (Å²) in [5, 5.41) is 9.96. The number of furan rings is 1. The summed E-state index contributed by atoms with van der Waals surface area (Å²) < 4.78 is 5.25. The van der Waals surface area contributed by atoms with E-state index in [2.05, 4.69) is 25.5 Å². The molecule has 3 aromatic heterocycles. The van der Waals surface area contributed by atoms with E-state index in [0.29, 0.717) is 28.9 Å². The lowest BCUT2D eigenvalue weighted by atomic mass is 10.1. The van der Waals surface area contributed by atoms with Gasteiger partial charge < -0.3 is 14.7 Å². The molecule has 4 aromatic rings. The van der Waals surface area contributed by atoms with E-state index in [0.717, 1.165) is 24.2 Å². The van der Waals surface area contributed by atoms with Gasteiger partial charge in [0.2, 0.25) is 0 Å². The molecule has 1 aromatic carbocycles. The van der Waals surface area contributed by atoms with Gasteiger partial charge in [0.05, 0.1) is 12.0 Å². The summed E-state index contributed by atoms with van der Waals surface area (Å²) in [6.45, 7) is 0. The first-order chi connectivity index (χ1) is 14.2. The van der Waals surface area contributed by atoms with Gasteiger partial charge in [-0.05, 0) is 61.4 Å². The molecule has 0 saturated heterocycles. The first kappa shape index (κ1) is 17.2. The molecule has 1 saturated carbocycles. The minimum atomic E-state index is -0.487. The molecular weight excluding hydrogens is 370 g/mol. The number of aromatic nitrogens is 4. The van der Waals surface area contributed by atoms with Crippen molar-refractivity contribution < 1.29 is 9.21 Å². The highest BCUT2D eigenvalue weighted by Gasteiger charge is 2.27. The van der Waals surface area contributed by atoms with E-state index in [-0.39, 0.29) is 5.56 Å². The Balaban J connectivity index is 1.30. The summed E-state index contributed by atoms with van der Waals surface area (Å²) in [7, 11) is 0. The zero-order valence-corrected chi connectivity index (χ0v) is 15.3. The number of nitrogens with zero attached hydrogens (tertiary/aromatic N) is 2. The molecule has 3 N–H and O–H groups in total. The van der Waals surface area contributed by atoms with Crippen molar-refractivity contribution in [3.05, 3.63) is 76.5 Å². The fraction of sp³-hybridized carbons (Fsp3) is 0.143. The average molecular weight is 387 g/mol. The van der Waals surface area contributed by atoms with Crippen LogP contribution in [0.3, 0.4) is 0 Å². The van der Waals surface area contributed by atoms with Crippen molar-refractivity contribution >= 4 is 11.6 Å².